The molecule has 2 N–H and O–H groups in total. The molecule has 0 atom stereocenters. The molecule has 0 fully saturated rings. The zero-order valence-electron chi connectivity index (χ0n) is 16.2. The van der Waals surface area contributed by atoms with Gasteiger partial charge in [-0.05, 0) is 43.2 Å². The topological polar surface area (TPSA) is 79.8 Å². The summed E-state index contributed by atoms with van der Waals surface area (Å²) in [7, 11) is -1.61. The number of hydrogen-bond donors (Lipinski definition) is 2. The van der Waals surface area contributed by atoms with E-state index in [1.165, 1.54) is 0 Å². The van der Waals surface area contributed by atoms with Crippen LogP contribution in [0, 0.1) is 0 Å². The molecule has 0 aliphatic heterocycles. The number of methoxy groups -OCH3 is 1. The molecule has 2 aromatic rings. The van der Waals surface area contributed by atoms with Crippen molar-refractivity contribution in [3.63, 3.8) is 0 Å². The summed E-state index contributed by atoms with van der Waals surface area (Å²) in [6.45, 7) is 3.75. The number of rotatable bonds is 9. The maximum Gasteiger partial charge on any atom is 0.191 e. The highest BCUT2D eigenvalue weighted by molar-refractivity contribution is 14.0. The van der Waals surface area contributed by atoms with Gasteiger partial charge in [-0.25, -0.2) is 13.4 Å². The van der Waals surface area contributed by atoms with Gasteiger partial charge in [0, 0.05) is 13.1 Å². The van der Waals surface area contributed by atoms with Crippen LogP contribution in [0.2, 0.25) is 0 Å². The van der Waals surface area contributed by atoms with E-state index in [1.54, 1.807) is 31.4 Å². The Bertz CT molecular complexity index is 843. The van der Waals surface area contributed by atoms with Gasteiger partial charge < -0.3 is 15.4 Å². The average Bonchev–Trinajstić information content (AvgIpc) is 2.70. The van der Waals surface area contributed by atoms with Crippen LogP contribution in [0.1, 0.15) is 18.9 Å². The molecular weight excluding hydrogens is 489 g/mol. The molecule has 0 saturated carbocycles. The summed E-state index contributed by atoms with van der Waals surface area (Å²) in [6, 6.07) is 16.3. The van der Waals surface area contributed by atoms with Crippen LogP contribution in [0.15, 0.2) is 64.5 Å². The number of hydrogen-bond acceptors (Lipinski definition) is 4. The van der Waals surface area contributed by atoms with Crippen molar-refractivity contribution in [3.05, 3.63) is 60.2 Å². The summed E-state index contributed by atoms with van der Waals surface area (Å²) in [5.74, 6) is 1.56. The normalized spacial score (nSPS) is 11.4. The first kappa shape index (κ1) is 24.2. The van der Waals surface area contributed by atoms with Gasteiger partial charge in [-0.2, -0.15) is 0 Å². The van der Waals surface area contributed by atoms with Crippen molar-refractivity contribution in [2.75, 3.05) is 26.0 Å². The largest absolute Gasteiger partial charge is 0.497 e. The maximum absolute atomic E-state index is 12.3. The van der Waals surface area contributed by atoms with Crippen LogP contribution in [0.3, 0.4) is 0 Å². The van der Waals surface area contributed by atoms with Crippen molar-refractivity contribution in [1.29, 1.82) is 0 Å². The number of guanidine groups is 1. The molecule has 0 bridgehead atoms. The summed E-state index contributed by atoms with van der Waals surface area (Å²) < 4.78 is 29.8. The molecule has 0 spiro atoms. The smallest absolute Gasteiger partial charge is 0.191 e. The Hall–Kier alpha value is -1.81. The fourth-order valence-electron chi connectivity index (χ4n) is 2.50. The van der Waals surface area contributed by atoms with E-state index in [2.05, 4.69) is 15.6 Å². The van der Waals surface area contributed by atoms with Gasteiger partial charge in [0.05, 0.1) is 24.3 Å². The second-order valence-corrected chi connectivity index (χ2v) is 8.07. The van der Waals surface area contributed by atoms with Crippen LogP contribution >= 0.6 is 24.0 Å². The lowest BCUT2D eigenvalue weighted by Crippen LogP contribution is -2.38. The zero-order chi connectivity index (χ0) is 19.5. The van der Waals surface area contributed by atoms with Crippen LogP contribution in [0.25, 0.3) is 0 Å². The molecule has 154 valence electrons. The lowest BCUT2D eigenvalue weighted by Gasteiger charge is -2.11. The molecule has 0 aliphatic carbocycles. The lowest BCUT2D eigenvalue weighted by molar-refractivity contribution is 0.414. The van der Waals surface area contributed by atoms with Crippen LogP contribution in [-0.2, 0) is 16.4 Å². The number of nitrogens with zero attached hydrogens (tertiary/aromatic N) is 1. The third-order valence-corrected chi connectivity index (χ3v) is 5.70. The van der Waals surface area contributed by atoms with Crippen molar-refractivity contribution in [2.45, 2.75) is 24.8 Å². The fourth-order valence-corrected chi connectivity index (χ4v) is 3.83. The molecule has 2 rings (SSSR count). The Morgan fingerprint density at radius 1 is 1.07 bits per heavy atom. The van der Waals surface area contributed by atoms with Crippen molar-refractivity contribution in [2.24, 2.45) is 4.99 Å². The second-order valence-electron chi connectivity index (χ2n) is 5.96. The van der Waals surface area contributed by atoms with Crippen molar-refractivity contribution < 1.29 is 13.2 Å². The third-order valence-electron chi connectivity index (χ3n) is 3.88. The van der Waals surface area contributed by atoms with Crippen LogP contribution < -0.4 is 15.4 Å². The minimum atomic E-state index is -3.25. The van der Waals surface area contributed by atoms with Crippen molar-refractivity contribution in [3.8, 4) is 5.75 Å². The van der Waals surface area contributed by atoms with Gasteiger partial charge in [-0.3, -0.25) is 0 Å². The number of benzene rings is 2. The number of sulfone groups is 1. The first-order valence-electron chi connectivity index (χ1n) is 8.98. The Balaban J connectivity index is 0.00000392. The zero-order valence-corrected chi connectivity index (χ0v) is 19.4. The Morgan fingerprint density at radius 2 is 1.82 bits per heavy atom. The van der Waals surface area contributed by atoms with Crippen LogP contribution in [-0.4, -0.2) is 40.3 Å². The van der Waals surface area contributed by atoms with E-state index in [-0.39, 0.29) is 29.7 Å². The van der Waals surface area contributed by atoms with Crippen molar-refractivity contribution >= 4 is 39.8 Å². The van der Waals surface area contributed by atoms with E-state index in [0.717, 1.165) is 17.9 Å². The summed E-state index contributed by atoms with van der Waals surface area (Å²) >= 11 is 0. The van der Waals surface area contributed by atoms with Gasteiger partial charge in [0.15, 0.2) is 15.8 Å². The second kappa shape index (κ2) is 12.6. The molecule has 0 radical (unpaired) electrons. The predicted octanol–water partition coefficient (Wildman–Crippen LogP) is 3.23. The molecule has 0 heterocycles. The average molecular weight is 517 g/mol. The van der Waals surface area contributed by atoms with Crippen LogP contribution in [0.4, 0.5) is 0 Å². The fraction of sp³-hybridized carbons (Fsp3) is 0.350. The summed E-state index contributed by atoms with van der Waals surface area (Å²) in [5.41, 5.74) is 1.04. The van der Waals surface area contributed by atoms with E-state index in [9.17, 15) is 8.42 Å². The first-order valence-corrected chi connectivity index (χ1v) is 10.6. The standard InChI is InChI=1S/C20H27N3O3S.HI/c1-3-21-20(23-16-17-9-7-10-18(15-17)26-2)22-13-8-14-27(24,25)19-11-5-4-6-12-19;/h4-7,9-12,15H,3,8,13-14,16H2,1-2H3,(H2,21,22,23);1H. The van der Waals surface area contributed by atoms with Gasteiger partial charge in [0.1, 0.15) is 5.75 Å². The van der Waals surface area contributed by atoms with Gasteiger partial charge in [0.2, 0.25) is 0 Å². The van der Waals surface area contributed by atoms with Gasteiger partial charge in [0.25, 0.3) is 0 Å². The Morgan fingerprint density at radius 3 is 2.50 bits per heavy atom. The number of nitrogens with one attached hydrogen (secondary N) is 2. The predicted molar refractivity (Wildman–Crippen MR) is 124 cm³/mol. The van der Waals surface area contributed by atoms with E-state index in [1.807, 2.05) is 37.3 Å². The lowest BCUT2D eigenvalue weighted by atomic mass is 10.2. The summed E-state index contributed by atoms with van der Waals surface area (Å²) in [5, 5.41) is 6.36. The molecule has 6 nitrogen and oxygen atoms in total. The minimum Gasteiger partial charge on any atom is -0.497 e. The van der Waals surface area contributed by atoms with E-state index in [0.29, 0.717) is 30.4 Å². The van der Waals surface area contributed by atoms with Crippen LogP contribution in [0.5, 0.6) is 5.75 Å². The molecule has 0 saturated heterocycles. The number of ether oxygens (including phenoxy) is 1. The highest BCUT2D eigenvalue weighted by atomic mass is 127. The van der Waals surface area contributed by atoms with E-state index < -0.39 is 9.84 Å². The molecule has 0 aliphatic rings. The Labute approximate surface area is 184 Å². The van der Waals surface area contributed by atoms with Crippen molar-refractivity contribution in [1.82, 2.24) is 10.6 Å². The third kappa shape index (κ3) is 8.05. The SMILES string of the molecule is CCNC(=NCc1cccc(OC)c1)NCCCS(=O)(=O)c1ccccc1.I. The van der Waals surface area contributed by atoms with E-state index >= 15 is 0 Å². The molecule has 0 unspecified atom stereocenters. The summed E-state index contributed by atoms with van der Waals surface area (Å²) in [4.78, 5) is 4.91. The van der Waals surface area contributed by atoms with Gasteiger partial charge in [-0.1, -0.05) is 30.3 Å². The quantitative estimate of drug-likeness (QED) is 0.231. The summed E-state index contributed by atoms with van der Waals surface area (Å²) in [6.07, 6.45) is 0.501. The molecular formula is C20H28IN3O3S. The van der Waals surface area contributed by atoms with Gasteiger partial charge in [-0.15, -0.1) is 24.0 Å². The minimum absolute atomic E-state index is 0. The molecule has 0 amide bonds. The van der Waals surface area contributed by atoms with E-state index in [4.69, 9.17) is 4.74 Å². The first-order chi connectivity index (χ1) is 13.0. The molecule has 28 heavy (non-hydrogen) atoms. The number of halogens is 1. The molecule has 8 heteroatoms. The highest BCUT2D eigenvalue weighted by Gasteiger charge is 2.13. The van der Waals surface area contributed by atoms with Gasteiger partial charge >= 0.3 is 0 Å². The maximum atomic E-state index is 12.3. The molecule has 2 aromatic carbocycles. The Kier molecular flexibility index (Phi) is 10.9. The monoisotopic (exact) mass is 517 g/mol. The highest BCUT2D eigenvalue weighted by Crippen LogP contribution is 2.13. The molecule has 0 aromatic heterocycles. The number of aliphatic imine (C=N–C) groups is 1.